The maximum atomic E-state index is 9.61. The Hall–Kier alpha value is -0.900. The number of fused-ring (bicyclic) bond motifs is 2. The highest BCUT2D eigenvalue weighted by Crippen LogP contribution is 2.28. The van der Waals surface area contributed by atoms with Crippen LogP contribution in [0.15, 0.2) is 30.3 Å². The summed E-state index contributed by atoms with van der Waals surface area (Å²) in [6.07, 6.45) is 2.53. The predicted molar refractivity (Wildman–Crippen MR) is 72.4 cm³/mol. The molecule has 3 unspecified atom stereocenters. The Bertz CT molecular complexity index is 381. The van der Waals surface area contributed by atoms with E-state index < -0.39 is 0 Å². The van der Waals surface area contributed by atoms with E-state index in [1.807, 2.05) is 18.2 Å². The van der Waals surface area contributed by atoms with Crippen molar-refractivity contribution >= 4 is 0 Å². The Morgan fingerprint density at radius 2 is 2.00 bits per heavy atom. The lowest BCUT2D eigenvalue weighted by Crippen LogP contribution is -2.45. The summed E-state index contributed by atoms with van der Waals surface area (Å²) in [7, 11) is 0. The molecule has 0 saturated carbocycles. The molecule has 1 aromatic carbocycles. The maximum Gasteiger partial charge on any atom is 0.0626 e. The zero-order valence-corrected chi connectivity index (χ0v) is 10.8. The largest absolute Gasteiger partial charge is 0.394 e. The summed E-state index contributed by atoms with van der Waals surface area (Å²) < 4.78 is 0. The molecule has 0 aliphatic carbocycles. The molecule has 2 bridgehead atoms. The Morgan fingerprint density at radius 1 is 1.22 bits per heavy atom. The number of hydrogen-bond acceptors (Lipinski definition) is 3. The van der Waals surface area contributed by atoms with Crippen LogP contribution in [0, 0.1) is 5.92 Å². The summed E-state index contributed by atoms with van der Waals surface area (Å²) in [6, 6.07) is 10.9. The van der Waals surface area contributed by atoms with E-state index >= 15 is 0 Å². The van der Waals surface area contributed by atoms with Crippen molar-refractivity contribution in [2.75, 3.05) is 26.2 Å². The van der Waals surface area contributed by atoms with Gasteiger partial charge in [-0.05, 0) is 37.4 Å². The lowest BCUT2D eigenvalue weighted by molar-refractivity contribution is 0.178. The normalized spacial score (nSPS) is 32.4. The number of hydrogen-bond donors (Lipinski definition) is 2. The summed E-state index contributed by atoms with van der Waals surface area (Å²) in [5, 5.41) is 13.3. The average molecular weight is 246 g/mol. The Balaban J connectivity index is 1.67. The fourth-order valence-electron chi connectivity index (χ4n) is 3.37. The van der Waals surface area contributed by atoms with Crippen molar-refractivity contribution in [3.8, 4) is 0 Å². The van der Waals surface area contributed by atoms with Gasteiger partial charge in [0.15, 0.2) is 0 Å². The molecule has 2 heterocycles. The zero-order chi connectivity index (χ0) is 12.4. The van der Waals surface area contributed by atoms with Gasteiger partial charge in [0, 0.05) is 12.6 Å². The van der Waals surface area contributed by atoms with Gasteiger partial charge in [0.25, 0.3) is 0 Å². The number of aliphatic hydroxyl groups is 1. The zero-order valence-electron chi connectivity index (χ0n) is 10.8. The molecule has 2 N–H and O–H groups in total. The molecule has 2 fully saturated rings. The van der Waals surface area contributed by atoms with E-state index in [9.17, 15) is 5.11 Å². The summed E-state index contributed by atoms with van der Waals surface area (Å²) in [4.78, 5) is 2.55. The molecule has 98 valence electrons. The minimum absolute atomic E-state index is 0.0864. The monoisotopic (exact) mass is 246 g/mol. The molecule has 3 heteroatoms. The molecular formula is C15H22N2O. The molecule has 4 atom stereocenters. The minimum atomic E-state index is 0.0864. The average Bonchev–Trinajstić information content (AvgIpc) is 2.82. The molecule has 3 nitrogen and oxygen atoms in total. The SMILES string of the molecule is OC[C@H](NC1CCN2CCC1C2)c1ccccc1. The van der Waals surface area contributed by atoms with Crippen molar-refractivity contribution < 1.29 is 5.11 Å². The second-order valence-corrected chi connectivity index (χ2v) is 5.56. The summed E-state index contributed by atoms with van der Waals surface area (Å²) in [5.74, 6) is 0.775. The number of nitrogens with zero attached hydrogens (tertiary/aromatic N) is 1. The maximum absolute atomic E-state index is 9.61. The van der Waals surface area contributed by atoms with Crippen molar-refractivity contribution in [1.82, 2.24) is 10.2 Å². The number of piperidine rings is 1. The van der Waals surface area contributed by atoms with E-state index in [2.05, 4.69) is 22.3 Å². The molecule has 1 aromatic rings. The van der Waals surface area contributed by atoms with Crippen molar-refractivity contribution in [2.24, 2.45) is 5.92 Å². The van der Waals surface area contributed by atoms with Crippen LogP contribution in [0.5, 0.6) is 0 Å². The van der Waals surface area contributed by atoms with E-state index in [1.165, 1.54) is 38.0 Å². The van der Waals surface area contributed by atoms with Crippen molar-refractivity contribution in [3.05, 3.63) is 35.9 Å². The molecule has 3 rings (SSSR count). The van der Waals surface area contributed by atoms with Gasteiger partial charge in [0.1, 0.15) is 0 Å². The Morgan fingerprint density at radius 3 is 2.78 bits per heavy atom. The Kier molecular flexibility index (Phi) is 3.64. The van der Waals surface area contributed by atoms with Crippen LogP contribution < -0.4 is 5.32 Å². The van der Waals surface area contributed by atoms with Crippen LogP contribution in [0.4, 0.5) is 0 Å². The lowest BCUT2D eigenvalue weighted by Gasteiger charge is -2.33. The van der Waals surface area contributed by atoms with Gasteiger partial charge in [-0.1, -0.05) is 30.3 Å². The first-order valence-corrected chi connectivity index (χ1v) is 7.01. The van der Waals surface area contributed by atoms with Gasteiger partial charge >= 0.3 is 0 Å². The van der Waals surface area contributed by atoms with Crippen LogP contribution in [0.3, 0.4) is 0 Å². The molecule has 0 aromatic heterocycles. The molecule has 0 spiro atoms. The van der Waals surface area contributed by atoms with Gasteiger partial charge in [-0.3, -0.25) is 0 Å². The summed E-state index contributed by atoms with van der Waals surface area (Å²) in [6.45, 7) is 3.89. The van der Waals surface area contributed by atoms with Gasteiger partial charge in [0.05, 0.1) is 12.6 Å². The number of nitrogens with one attached hydrogen (secondary N) is 1. The second kappa shape index (κ2) is 5.39. The predicted octanol–water partition coefficient (Wildman–Crippen LogP) is 1.40. The number of rotatable bonds is 4. The number of benzene rings is 1. The van der Waals surface area contributed by atoms with Gasteiger partial charge in [-0.25, -0.2) is 0 Å². The van der Waals surface area contributed by atoms with E-state index in [0.29, 0.717) is 6.04 Å². The smallest absolute Gasteiger partial charge is 0.0626 e. The van der Waals surface area contributed by atoms with Crippen molar-refractivity contribution in [3.63, 3.8) is 0 Å². The molecule has 0 radical (unpaired) electrons. The summed E-state index contributed by atoms with van der Waals surface area (Å²) >= 11 is 0. The van der Waals surface area contributed by atoms with Gasteiger partial charge in [-0.2, -0.15) is 0 Å². The first-order chi connectivity index (χ1) is 8.86. The van der Waals surface area contributed by atoms with E-state index in [1.54, 1.807) is 0 Å². The molecule has 0 amide bonds. The van der Waals surface area contributed by atoms with Crippen LogP contribution in [-0.4, -0.2) is 42.3 Å². The van der Waals surface area contributed by atoms with Crippen LogP contribution in [0.1, 0.15) is 24.4 Å². The van der Waals surface area contributed by atoms with Crippen molar-refractivity contribution in [1.29, 1.82) is 0 Å². The lowest BCUT2D eigenvalue weighted by atomic mass is 9.92. The highest BCUT2D eigenvalue weighted by Gasteiger charge is 2.35. The van der Waals surface area contributed by atoms with Gasteiger partial charge in [-0.15, -0.1) is 0 Å². The van der Waals surface area contributed by atoms with Gasteiger partial charge in [0.2, 0.25) is 0 Å². The van der Waals surface area contributed by atoms with Crippen LogP contribution in [0.2, 0.25) is 0 Å². The third kappa shape index (κ3) is 2.44. The highest BCUT2D eigenvalue weighted by atomic mass is 16.3. The third-order valence-corrected chi connectivity index (χ3v) is 4.43. The molecule has 18 heavy (non-hydrogen) atoms. The second-order valence-electron chi connectivity index (χ2n) is 5.56. The highest BCUT2D eigenvalue weighted by molar-refractivity contribution is 5.19. The Labute approximate surface area is 109 Å². The van der Waals surface area contributed by atoms with Gasteiger partial charge < -0.3 is 15.3 Å². The van der Waals surface area contributed by atoms with Crippen LogP contribution in [0.25, 0.3) is 0 Å². The van der Waals surface area contributed by atoms with Crippen molar-refractivity contribution in [2.45, 2.75) is 24.9 Å². The van der Waals surface area contributed by atoms with Crippen LogP contribution in [-0.2, 0) is 0 Å². The fraction of sp³-hybridized carbons (Fsp3) is 0.600. The summed E-state index contributed by atoms with van der Waals surface area (Å²) in [5.41, 5.74) is 1.19. The molecule has 2 saturated heterocycles. The third-order valence-electron chi connectivity index (χ3n) is 4.43. The van der Waals surface area contributed by atoms with Crippen LogP contribution >= 0.6 is 0 Å². The van der Waals surface area contributed by atoms with E-state index in [4.69, 9.17) is 0 Å². The number of aliphatic hydroxyl groups excluding tert-OH is 1. The van der Waals surface area contributed by atoms with E-state index in [-0.39, 0.29) is 12.6 Å². The molecule has 2 aliphatic heterocycles. The first kappa shape index (κ1) is 12.2. The molecule has 2 aliphatic rings. The molecular weight excluding hydrogens is 224 g/mol. The standard InChI is InChI=1S/C15H22N2O/c18-11-15(12-4-2-1-3-5-12)16-14-7-9-17-8-6-13(14)10-17/h1-5,13-16,18H,6-11H2/t13?,14?,15-/m0/s1. The fourth-order valence-corrected chi connectivity index (χ4v) is 3.37. The quantitative estimate of drug-likeness (QED) is 0.843. The first-order valence-electron chi connectivity index (χ1n) is 7.01. The minimum Gasteiger partial charge on any atom is -0.394 e. The van der Waals surface area contributed by atoms with E-state index in [0.717, 1.165) is 5.92 Å². The topological polar surface area (TPSA) is 35.5 Å².